The Kier molecular flexibility index (Phi) is 9.18. The van der Waals surface area contributed by atoms with Gasteiger partial charge in [0.25, 0.3) is 0 Å². The maximum Gasteiger partial charge on any atom is 0.137 e. The number of nitrogens with zero attached hydrogens (tertiary/aromatic N) is 4. The van der Waals surface area contributed by atoms with E-state index in [1.807, 2.05) is 59.2 Å². The van der Waals surface area contributed by atoms with Gasteiger partial charge in [0.1, 0.15) is 24.0 Å². The Morgan fingerprint density at radius 3 is 1.87 bits per heavy atom. The standard InChI is InChI=1S/C63H56N4O/c1-42-33-34-64-60(35-42)67-56-24-12-11-21-54(56)55-32-31-51(40-59(55)67)68-50-20-15-19-49(39-50)65-41-66(58-26-14-13-25-57(58)65)61-52(45-29-27-44(28-30-45)43-17-9-8-10-18-43)22-16-23-53(61)46-36-47(62(2,3)4)38-48(37-46)63(5,6)7/h8-40H,41H2,1-7H3/i1D3,36D,37D. The molecule has 3 heterocycles. The molecule has 0 amide bonds. The number of hydrogen-bond acceptors (Lipinski definition) is 4. The van der Waals surface area contributed by atoms with Gasteiger partial charge in [-0.15, -0.1) is 0 Å². The smallest absolute Gasteiger partial charge is 0.137 e. The van der Waals surface area contributed by atoms with E-state index in [1.54, 1.807) is 18.3 Å². The Morgan fingerprint density at radius 2 is 1.13 bits per heavy atom. The second-order valence-electron chi connectivity index (χ2n) is 19.8. The maximum absolute atomic E-state index is 9.95. The summed E-state index contributed by atoms with van der Waals surface area (Å²) in [6.45, 7) is 11.1. The molecule has 0 bridgehead atoms. The number of aryl methyl sites for hydroxylation is 1. The highest BCUT2D eigenvalue weighted by molar-refractivity contribution is 6.09. The molecule has 0 unspecified atom stereocenters. The van der Waals surface area contributed by atoms with E-state index in [2.05, 4.69) is 172 Å². The van der Waals surface area contributed by atoms with Crippen molar-refractivity contribution in [2.24, 2.45) is 0 Å². The van der Waals surface area contributed by atoms with E-state index in [0.29, 0.717) is 41.6 Å². The van der Waals surface area contributed by atoms with Crippen molar-refractivity contribution in [2.75, 3.05) is 16.5 Å². The Hall–Kier alpha value is -7.89. The van der Waals surface area contributed by atoms with Gasteiger partial charge in [0.2, 0.25) is 0 Å². The summed E-state index contributed by atoms with van der Waals surface area (Å²) in [5, 5.41) is 2.01. The molecule has 68 heavy (non-hydrogen) atoms. The lowest BCUT2D eigenvalue weighted by molar-refractivity contribution is 0.483. The number of hydrogen-bond donors (Lipinski definition) is 0. The fourth-order valence-electron chi connectivity index (χ4n) is 9.48. The summed E-state index contributed by atoms with van der Waals surface area (Å²) in [4.78, 5) is 9.29. The van der Waals surface area contributed by atoms with E-state index in [4.69, 9.17) is 8.85 Å². The van der Waals surface area contributed by atoms with Crippen molar-refractivity contribution in [1.29, 1.82) is 0 Å². The third-order valence-corrected chi connectivity index (χ3v) is 13.0. The molecule has 10 aromatic rings. The molecule has 0 saturated carbocycles. The number of anilines is 4. The normalized spacial score (nSPS) is 14.1. The van der Waals surface area contributed by atoms with E-state index in [1.165, 1.54) is 0 Å². The number of fused-ring (bicyclic) bond motifs is 4. The number of rotatable bonds is 8. The zero-order chi connectivity index (χ0) is 51.0. The summed E-state index contributed by atoms with van der Waals surface area (Å²) in [6, 6.07) is 62.1. The molecule has 1 aliphatic rings. The van der Waals surface area contributed by atoms with E-state index in [9.17, 15) is 2.74 Å². The van der Waals surface area contributed by atoms with Gasteiger partial charge >= 0.3 is 0 Å². The number of aromatic nitrogens is 2. The summed E-state index contributed by atoms with van der Waals surface area (Å²) in [5.74, 6) is 1.77. The van der Waals surface area contributed by atoms with Crippen LogP contribution in [0.2, 0.25) is 0 Å². The quantitative estimate of drug-likeness (QED) is 0.152. The molecular weight excluding hydrogens is 829 g/mol. The van der Waals surface area contributed by atoms with Crippen LogP contribution in [0.1, 0.15) is 65.1 Å². The molecule has 8 aromatic carbocycles. The highest BCUT2D eigenvalue weighted by atomic mass is 16.5. The SMILES string of the molecule is [2H]c1c(C(C)(C)C)cc(C(C)(C)C)c([2H])c1-c1cccc(-c2ccc(-c3ccccc3)cc2)c1N1CN(c2cccc(Oc3ccc4c5ccccc5n(-c5cc(C([2H])([2H])[2H])ccn5)c4c3)c2)c2ccccc21. The average molecular weight is 890 g/mol. The highest BCUT2D eigenvalue weighted by Crippen LogP contribution is 2.51. The lowest BCUT2D eigenvalue weighted by atomic mass is 9.78. The lowest BCUT2D eigenvalue weighted by Gasteiger charge is -2.29. The summed E-state index contributed by atoms with van der Waals surface area (Å²) in [6.07, 6.45) is 1.55. The zero-order valence-electron chi connectivity index (χ0n) is 44.3. The molecule has 0 fully saturated rings. The lowest BCUT2D eigenvalue weighted by Crippen LogP contribution is -2.25. The summed E-state index contributed by atoms with van der Waals surface area (Å²) in [5.41, 5.74) is 12.7. The third kappa shape index (κ3) is 7.88. The Labute approximate surface area is 407 Å². The van der Waals surface area contributed by atoms with E-state index < -0.39 is 6.85 Å². The molecule has 0 aliphatic carbocycles. The molecule has 0 spiro atoms. The zero-order valence-corrected chi connectivity index (χ0v) is 39.3. The number of pyridine rings is 1. The van der Waals surface area contributed by atoms with Crippen LogP contribution in [0.25, 0.3) is 61.0 Å². The van der Waals surface area contributed by atoms with Crippen molar-refractivity contribution in [3.8, 4) is 50.7 Å². The summed E-state index contributed by atoms with van der Waals surface area (Å²) in [7, 11) is 0. The molecule has 5 heteroatoms. The van der Waals surface area contributed by atoms with Crippen LogP contribution >= 0.6 is 0 Å². The Balaban J connectivity index is 1.03. The van der Waals surface area contributed by atoms with Gasteiger partial charge in [-0.25, -0.2) is 4.98 Å². The van der Waals surface area contributed by atoms with Crippen molar-refractivity contribution in [1.82, 2.24) is 9.55 Å². The number of para-hydroxylation sites is 4. The summed E-state index contributed by atoms with van der Waals surface area (Å²) >= 11 is 0. The first-order chi connectivity index (χ1) is 34.9. The van der Waals surface area contributed by atoms with Gasteiger partial charge in [0.05, 0.1) is 30.8 Å². The first-order valence-corrected chi connectivity index (χ1v) is 23.3. The van der Waals surface area contributed by atoms with Gasteiger partial charge < -0.3 is 14.5 Å². The number of ether oxygens (including phenoxy) is 1. The predicted octanol–water partition coefficient (Wildman–Crippen LogP) is 17.1. The molecule has 334 valence electrons. The highest BCUT2D eigenvalue weighted by Gasteiger charge is 2.32. The van der Waals surface area contributed by atoms with E-state index in [-0.39, 0.29) is 16.4 Å². The van der Waals surface area contributed by atoms with Gasteiger partial charge in [-0.2, -0.15) is 0 Å². The second-order valence-corrected chi connectivity index (χ2v) is 19.8. The van der Waals surface area contributed by atoms with E-state index in [0.717, 1.165) is 83.5 Å². The van der Waals surface area contributed by atoms with Crippen molar-refractivity contribution in [3.63, 3.8) is 0 Å². The van der Waals surface area contributed by atoms with Crippen LogP contribution in [-0.4, -0.2) is 16.2 Å². The average Bonchev–Trinajstić information content (AvgIpc) is 3.92. The van der Waals surface area contributed by atoms with Crippen LogP contribution in [-0.2, 0) is 10.8 Å². The fraction of sp³-hybridized carbons (Fsp3) is 0.159. The number of benzene rings is 8. The minimum absolute atomic E-state index is 0.221. The molecular formula is C63H56N4O. The van der Waals surface area contributed by atoms with Crippen LogP contribution in [0, 0.1) is 6.85 Å². The molecule has 0 saturated heterocycles. The Morgan fingerprint density at radius 1 is 0.515 bits per heavy atom. The van der Waals surface area contributed by atoms with Crippen LogP contribution in [0.15, 0.2) is 200 Å². The largest absolute Gasteiger partial charge is 0.457 e. The molecule has 0 radical (unpaired) electrons. The molecule has 0 N–H and O–H groups in total. The van der Waals surface area contributed by atoms with Crippen LogP contribution in [0.4, 0.5) is 22.7 Å². The maximum atomic E-state index is 9.95. The minimum atomic E-state index is -2.28. The minimum Gasteiger partial charge on any atom is -0.457 e. The van der Waals surface area contributed by atoms with Gasteiger partial charge in [-0.05, 0) is 111 Å². The fourth-order valence-corrected chi connectivity index (χ4v) is 9.48. The van der Waals surface area contributed by atoms with Gasteiger partial charge in [0, 0.05) is 50.0 Å². The van der Waals surface area contributed by atoms with Crippen molar-refractivity contribution in [3.05, 3.63) is 217 Å². The molecule has 5 nitrogen and oxygen atoms in total. The topological polar surface area (TPSA) is 33.5 Å². The van der Waals surface area contributed by atoms with Crippen molar-refractivity contribution >= 4 is 44.6 Å². The Bertz CT molecular complexity index is 3700. The summed E-state index contributed by atoms with van der Waals surface area (Å²) < 4.78 is 52.9. The van der Waals surface area contributed by atoms with Crippen LogP contribution in [0.5, 0.6) is 11.5 Å². The van der Waals surface area contributed by atoms with Gasteiger partial charge in [-0.1, -0.05) is 169 Å². The molecule has 2 aromatic heterocycles. The van der Waals surface area contributed by atoms with Crippen LogP contribution < -0.4 is 14.5 Å². The van der Waals surface area contributed by atoms with Crippen molar-refractivity contribution in [2.45, 2.75) is 59.2 Å². The molecule has 0 atom stereocenters. The van der Waals surface area contributed by atoms with Gasteiger partial charge in [-0.3, -0.25) is 4.57 Å². The molecule has 1 aliphatic heterocycles. The van der Waals surface area contributed by atoms with Crippen LogP contribution in [0.3, 0.4) is 0 Å². The first kappa shape index (κ1) is 37.2. The van der Waals surface area contributed by atoms with E-state index >= 15 is 0 Å². The van der Waals surface area contributed by atoms with Crippen molar-refractivity contribution < 1.29 is 11.6 Å². The van der Waals surface area contributed by atoms with Gasteiger partial charge in [0.15, 0.2) is 0 Å². The predicted molar refractivity (Wildman–Crippen MR) is 286 cm³/mol. The third-order valence-electron chi connectivity index (χ3n) is 13.0. The molecule has 11 rings (SSSR count). The monoisotopic (exact) mass is 889 g/mol. The second kappa shape index (κ2) is 16.8. The first-order valence-electron chi connectivity index (χ1n) is 25.8.